The summed E-state index contributed by atoms with van der Waals surface area (Å²) in [6.07, 6.45) is 2.70. The number of nitrogens with zero attached hydrogens (tertiary/aromatic N) is 2. The third-order valence-electron chi connectivity index (χ3n) is 2.71. The Hall–Kier alpha value is -1.79. The molecule has 0 saturated carbocycles. The molecule has 2 aromatic rings. The number of hydrogen-bond acceptors (Lipinski definition) is 2. The van der Waals surface area contributed by atoms with E-state index in [1.807, 2.05) is 0 Å². The van der Waals surface area contributed by atoms with Crippen LogP contribution in [-0.4, -0.2) is 11.1 Å². The summed E-state index contributed by atoms with van der Waals surface area (Å²) in [5.41, 5.74) is 2.54. The molecule has 0 unspecified atom stereocenters. The van der Waals surface area contributed by atoms with Crippen molar-refractivity contribution in [3.8, 4) is 6.07 Å². The molecule has 1 heterocycles. The first-order valence-electron chi connectivity index (χ1n) is 5.43. The van der Waals surface area contributed by atoms with Gasteiger partial charge in [0.15, 0.2) is 0 Å². The van der Waals surface area contributed by atoms with E-state index in [1.54, 1.807) is 0 Å². The summed E-state index contributed by atoms with van der Waals surface area (Å²) in [4.78, 5) is 0. The van der Waals surface area contributed by atoms with E-state index >= 15 is 0 Å². The molecule has 0 amide bonds. The lowest BCUT2D eigenvalue weighted by Gasteiger charge is -2.00. The molecular weight excluding hydrogens is 198 g/mol. The molecule has 0 bridgehead atoms. The summed E-state index contributed by atoms with van der Waals surface area (Å²) in [5, 5.41) is 13.0. The van der Waals surface area contributed by atoms with Crippen molar-refractivity contribution in [2.24, 2.45) is 7.05 Å². The van der Waals surface area contributed by atoms with Gasteiger partial charge in [-0.1, -0.05) is 18.2 Å². The lowest BCUT2D eigenvalue weighted by molar-refractivity contribution is 0.700. The van der Waals surface area contributed by atoms with Gasteiger partial charge in [0.2, 0.25) is 0 Å². The Morgan fingerprint density at radius 1 is 1.38 bits per heavy atom. The number of para-hydroxylation sites is 1. The van der Waals surface area contributed by atoms with Crippen molar-refractivity contribution >= 4 is 10.9 Å². The molecule has 1 aromatic heterocycles. The van der Waals surface area contributed by atoms with Gasteiger partial charge >= 0.3 is 0 Å². The van der Waals surface area contributed by atoms with Gasteiger partial charge in [-0.3, -0.25) is 0 Å². The predicted molar refractivity (Wildman–Crippen MR) is 64.9 cm³/mol. The number of nitriles is 1. The molecule has 16 heavy (non-hydrogen) atoms. The molecule has 1 N–H and O–H groups in total. The van der Waals surface area contributed by atoms with Crippen LogP contribution < -0.4 is 5.32 Å². The van der Waals surface area contributed by atoms with Gasteiger partial charge in [0.25, 0.3) is 0 Å². The van der Waals surface area contributed by atoms with Crippen molar-refractivity contribution in [2.45, 2.75) is 13.0 Å². The van der Waals surface area contributed by atoms with Crippen molar-refractivity contribution in [1.29, 1.82) is 5.26 Å². The van der Waals surface area contributed by atoms with Crippen molar-refractivity contribution in [1.82, 2.24) is 9.88 Å². The highest BCUT2D eigenvalue weighted by molar-refractivity contribution is 5.83. The van der Waals surface area contributed by atoms with Gasteiger partial charge in [-0.2, -0.15) is 5.26 Å². The summed E-state index contributed by atoms with van der Waals surface area (Å²) in [5.74, 6) is 0. The largest absolute Gasteiger partial charge is 0.350 e. The quantitative estimate of drug-likeness (QED) is 0.791. The minimum Gasteiger partial charge on any atom is -0.350 e. The second-order valence-electron chi connectivity index (χ2n) is 3.87. The molecule has 0 saturated heterocycles. The smallest absolute Gasteiger partial charge is 0.0635 e. The molecule has 82 valence electrons. The fourth-order valence-corrected chi connectivity index (χ4v) is 1.93. The first kappa shape index (κ1) is 10.7. The fraction of sp³-hybridized carbons (Fsp3) is 0.308. The molecule has 0 radical (unpaired) electrons. The monoisotopic (exact) mass is 213 g/mol. The molecule has 0 aliphatic heterocycles. The molecule has 0 aliphatic carbocycles. The fourth-order valence-electron chi connectivity index (χ4n) is 1.93. The topological polar surface area (TPSA) is 40.8 Å². The Kier molecular flexibility index (Phi) is 3.23. The van der Waals surface area contributed by atoms with Crippen LogP contribution in [0.3, 0.4) is 0 Å². The van der Waals surface area contributed by atoms with Gasteiger partial charge in [0.05, 0.1) is 6.07 Å². The average Bonchev–Trinajstić information content (AvgIpc) is 2.63. The van der Waals surface area contributed by atoms with Crippen LogP contribution in [0.4, 0.5) is 0 Å². The van der Waals surface area contributed by atoms with Crippen LogP contribution in [0.1, 0.15) is 12.0 Å². The number of aryl methyl sites for hydroxylation is 1. The average molecular weight is 213 g/mol. The summed E-state index contributed by atoms with van der Waals surface area (Å²) in [6.45, 7) is 1.57. The molecule has 3 heteroatoms. The van der Waals surface area contributed by atoms with Crippen LogP contribution in [0.25, 0.3) is 10.9 Å². The van der Waals surface area contributed by atoms with Gasteiger partial charge in [0, 0.05) is 43.7 Å². The van der Waals surface area contributed by atoms with Gasteiger partial charge in [-0.15, -0.1) is 0 Å². The van der Waals surface area contributed by atoms with Crippen LogP contribution >= 0.6 is 0 Å². The first-order valence-corrected chi connectivity index (χ1v) is 5.43. The number of fused-ring (bicyclic) bond motifs is 1. The zero-order valence-electron chi connectivity index (χ0n) is 9.40. The molecule has 3 nitrogen and oxygen atoms in total. The molecule has 0 aliphatic rings. The van der Waals surface area contributed by atoms with Gasteiger partial charge in [-0.25, -0.2) is 0 Å². The second-order valence-corrected chi connectivity index (χ2v) is 3.87. The Bertz CT molecular complexity index is 519. The summed E-state index contributed by atoms with van der Waals surface area (Å²) in [6, 6.07) is 10.5. The van der Waals surface area contributed by atoms with Crippen molar-refractivity contribution in [2.75, 3.05) is 6.54 Å². The molecular formula is C13H15N3. The Morgan fingerprint density at radius 3 is 3.00 bits per heavy atom. The minimum atomic E-state index is 0.560. The molecule has 0 fully saturated rings. The van der Waals surface area contributed by atoms with Crippen LogP contribution in [-0.2, 0) is 13.6 Å². The lowest BCUT2D eigenvalue weighted by atomic mass is 10.2. The maximum atomic E-state index is 8.45. The van der Waals surface area contributed by atoms with E-state index in [9.17, 15) is 0 Å². The van der Waals surface area contributed by atoms with E-state index in [4.69, 9.17) is 5.26 Å². The third-order valence-corrected chi connectivity index (χ3v) is 2.71. The van der Waals surface area contributed by atoms with Crippen LogP contribution in [0.15, 0.2) is 30.5 Å². The van der Waals surface area contributed by atoms with Crippen molar-refractivity contribution < 1.29 is 0 Å². The Morgan fingerprint density at radius 2 is 2.19 bits per heavy atom. The SMILES string of the molecule is Cn1cc(CNCCC#N)c2ccccc21. The van der Waals surface area contributed by atoms with Gasteiger partial charge in [0.1, 0.15) is 0 Å². The van der Waals surface area contributed by atoms with E-state index in [2.05, 4.69) is 53.5 Å². The normalized spacial score (nSPS) is 10.5. The summed E-state index contributed by atoms with van der Waals surface area (Å²) in [7, 11) is 2.06. The standard InChI is InChI=1S/C13H15N3/c1-16-10-11(9-15-8-4-7-14)12-5-2-3-6-13(12)16/h2-3,5-6,10,15H,4,8-9H2,1H3. The van der Waals surface area contributed by atoms with Crippen LogP contribution in [0.2, 0.25) is 0 Å². The summed E-state index contributed by atoms with van der Waals surface area (Å²) >= 11 is 0. The highest BCUT2D eigenvalue weighted by Crippen LogP contribution is 2.19. The molecule has 0 spiro atoms. The van der Waals surface area contributed by atoms with Crippen LogP contribution in [0.5, 0.6) is 0 Å². The highest BCUT2D eigenvalue weighted by atomic mass is 14.9. The number of nitrogens with one attached hydrogen (secondary N) is 1. The number of aromatic nitrogens is 1. The summed E-state index contributed by atoms with van der Waals surface area (Å²) < 4.78 is 2.14. The zero-order valence-corrected chi connectivity index (χ0v) is 9.40. The van der Waals surface area contributed by atoms with Gasteiger partial charge < -0.3 is 9.88 Å². The molecule has 0 atom stereocenters. The number of benzene rings is 1. The number of rotatable bonds is 4. The van der Waals surface area contributed by atoms with E-state index in [0.29, 0.717) is 6.42 Å². The van der Waals surface area contributed by atoms with Crippen molar-refractivity contribution in [3.63, 3.8) is 0 Å². The molecule has 2 rings (SSSR count). The van der Waals surface area contributed by atoms with E-state index in [1.165, 1.54) is 16.5 Å². The van der Waals surface area contributed by atoms with E-state index in [-0.39, 0.29) is 0 Å². The third kappa shape index (κ3) is 2.07. The van der Waals surface area contributed by atoms with E-state index in [0.717, 1.165) is 13.1 Å². The van der Waals surface area contributed by atoms with Crippen LogP contribution in [0, 0.1) is 11.3 Å². The second kappa shape index (κ2) is 4.82. The number of hydrogen-bond donors (Lipinski definition) is 1. The first-order chi connectivity index (χ1) is 7.83. The minimum absolute atomic E-state index is 0.560. The van der Waals surface area contributed by atoms with E-state index < -0.39 is 0 Å². The lowest BCUT2D eigenvalue weighted by Crippen LogP contribution is -2.13. The zero-order chi connectivity index (χ0) is 11.4. The maximum Gasteiger partial charge on any atom is 0.0635 e. The highest BCUT2D eigenvalue weighted by Gasteiger charge is 2.04. The Balaban J connectivity index is 2.15. The van der Waals surface area contributed by atoms with Gasteiger partial charge in [-0.05, 0) is 11.6 Å². The Labute approximate surface area is 95.3 Å². The predicted octanol–water partition coefficient (Wildman–Crippen LogP) is 2.18. The van der Waals surface area contributed by atoms with Crippen molar-refractivity contribution in [3.05, 3.63) is 36.0 Å². The molecule has 1 aromatic carbocycles. The maximum absolute atomic E-state index is 8.45.